The zero-order valence-electron chi connectivity index (χ0n) is 7.24. The van der Waals surface area contributed by atoms with E-state index < -0.39 is 0 Å². The fourth-order valence-corrected chi connectivity index (χ4v) is 0.864. The molecule has 0 radical (unpaired) electrons. The van der Waals surface area contributed by atoms with Crippen LogP contribution in [-0.4, -0.2) is 12.2 Å². The molecule has 0 fully saturated rings. The molecule has 0 aliphatic rings. The molecule has 0 aliphatic heterocycles. The molecular formula is C10H12O2. The van der Waals surface area contributed by atoms with E-state index in [2.05, 4.69) is 4.74 Å². The number of aryl methyl sites for hydroxylation is 1. The van der Waals surface area contributed by atoms with E-state index >= 15 is 0 Å². The zero-order valence-corrected chi connectivity index (χ0v) is 7.24. The van der Waals surface area contributed by atoms with Crippen molar-refractivity contribution in [3.05, 3.63) is 41.3 Å². The Labute approximate surface area is 72.1 Å². The van der Waals surface area contributed by atoms with Crippen LogP contribution < -0.4 is 0 Å². The summed E-state index contributed by atoms with van der Waals surface area (Å²) in [5.74, 6) is -0.0705. The number of methoxy groups -OCH3 is 1. The maximum absolute atomic E-state index is 9.02. The van der Waals surface area contributed by atoms with Crippen molar-refractivity contribution in [1.29, 1.82) is 0 Å². The third-order valence-corrected chi connectivity index (χ3v) is 1.58. The van der Waals surface area contributed by atoms with Gasteiger partial charge in [-0.3, -0.25) is 0 Å². The molecule has 1 N–H and O–H groups in total. The molecule has 1 aromatic rings. The molecule has 0 atom stereocenters. The minimum absolute atomic E-state index is 0.0705. The van der Waals surface area contributed by atoms with Crippen molar-refractivity contribution in [3.63, 3.8) is 0 Å². The topological polar surface area (TPSA) is 29.5 Å². The minimum atomic E-state index is -0.0705. The Hall–Kier alpha value is -1.44. The monoisotopic (exact) mass is 164 g/mol. The van der Waals surface area contributed by atoms with Crippen LogP contribution in [0.15, 0.2) is 30.2 Å². The van der Waals surface area contributed by atoms with Crippen molar-refractivity contribution >= 4 is 6.08 Å². The van der Waals surface area contributed by atoms with E-state index in [0.717, 1.165) is 5.56 Å². The molecule has 1 rings (SSSR count). The lowest BCUT2D eigenvalue weighted by atomic mass is 10.1. The number of hydrogen-bond donors (Lipinski definition) is 1. The predicted molar refractivity (Wildman–Crippen MR) is 48.8 cm³/mol. The van der Waals surface area contributed by atoms with Gasteiger partial charge in [0, 0.05) is 6.08 Å². The molecule has 2 nitrogen and oxygen atoms in total. The van der Waals surface area contributed by atoms with Crippen LogP contribution in [0.3, 0.4) is 0 Å². The van der Waals surface area contributed by atoms with Gasteiger partial charge in [0.15, 0.2) is 0 Å². The summed E-state index contributed by atoms with van der Waals surface area (Å²) in [6, 6.07) is 7.80. The average Bonchev–Trinajstić information content (AvgIpc) is 2.09. The van der Waals surface area contributed by atoms with E-state index in [9.17, 15) is 0 Å². The highest BCUT2D eigenvalue weighted by molar-refractivity contribution is 5.49. The SMILES string of the molecule is CO/C(O)=C/c1ccc(C)cc1. The molecule has 0 spiro atoms. The summed E-state index contributed by atoms with van der Waals surface area (Å²) in [4.78, 5) is 0. The molecule has 0 aromatic heterocycles. The molecule has 2 heteroatoms. The number of aliphatic hydroxyl groups is 1. The molecular weight excluding hydrogens is 152 g/mol. The van der Waals surface area contributed by atoms with Crippen molar-refractivity contribution < 1.29 is 9.84 Å². The van der Waals surface area contributed by atoms with Crippen LogP contribution in [0.4, 0.5) is 0 Å². The maximum Gasteiger partial charge on any atom is 0.276 e. The van der Waals surface area contributed by atoms with Gasteiger partial charge in [-0.15, -0.1) is 0 Å². The van der Waals surface area contributed by atoms with Gasteiger partial charge in [0.2, 0.25) is 0 Å². The van der Waals surface area contributed by atoms with Gasteiger partial charge >= 0.3 is 0 Å². The quantitative estimate of drug-likeness (QED) is 0.680. The van der Waals surface area contributed by atoms with Crippen molar-refractivity contribution in [1.82, 2.24) is 0 Å². The van der Waals surface area contributed by atoms with Gasteiger partial charge in [0.25, 0.3) is 5.95 Å². The molecule has 0 aliphatic carbocycles. The lowest BCUT2D eigenvalue weighted by Gasteiger charge is -1.97. The second-order valence-electron chi connectivity index (χ2n) is 2.60. The van der Waals surface area contributed by atoms with Crippen LogP contribution in [0, 0.1) is 6.92 Å². The van der Waals surface area contributed by atoms with Crippen LogP contribution in [0.1, 0.15) is 11.1 Å². The summed E-state index contributed by atoms with van der Waals surface area (Å²) in [7, 11) is 1.43. The van der Waals surface area contributed by atoms with Crippen molar-refractivity contribution in [3.8, 4) is 0 Å². The molecule has 0 saturated carbocycles. The first-order valence-electron chi connectivity index (χ1n) is 3.73. The van der Waals surface area contributed by atoms with Crippen LogP contribution in [0.2, 0.25) is 0 Å². The minimum Gasteiger partial charge on any atom is -0.481 e. The van der Waals surface area contributed by atoms with Gasteiger partial charge in [-0.25, -0.2) is 0 Å². The molecule has 0 bridgehead atoms. The summed E-state index contributed by atoms with van der Waals surface area (Å²) in [5.41, 5.74) is 2.13. The molecule has 0 unspecified atom stereocenters. The number of rotatable bonds is 2. The first kappa shape index (κ1) is 8.65. The van der Waals surface area contributed by atoms with Crippen molar-refractivity contribution in [2.45, 2.75) is 6.92 Å². The fraction of sp³-hybridized carbons (Fsp3) is 0.200. The van der Waals surface area contributed by atoms with E-state index in [-0.39, 0.29) is 5.95 Å². The van der Waals surface area contributed by atoms with E-state index in [1.807, 2.05) is 31.2 Å². The summed E-state index contributed by atoms with van der Waals surface area (Å²) >= 11 is 0. The molecule has 0 amide bonds. The predicted octanol–water partition coefficient (Wildman–Crippen LogP) is 2.50. The van der Waals surface area contributed by atoms with Crippen LogP contribution in [0.25, 0.3) is 6.08 Å². The second kappa shape index (κ2) is 3.81. The molecule has 0 saturated heterocycles. The van der Waals surface area contributed by atoms with Gasteiger partial charge in [0.1, 0.15) is 0 Å². The summed E-state index contributed by atoms with van der Waals surface area (Å²) in [5, 5.41) is 9.02. The van der Waals surface area contributed by atoms with Gasteiger partial charge in [-0.2, -0.15) is 0 Å². The van der Waals surface area contributed by atoms with Gasteiger partial charge in [-0.05, 0) is 12.5 Å². The average molecular weight is 164 g/mol. The first-order chi connectivity index (χ1) is 5.72. The number of benzene rings is 1. The Morgan fingerprint density at radius 1 is 1.33 bits per heavy atom. The van der Waals surface area contributed by atoms with E-state index in [0.29, 0.717) is 0 Å². The standard InChI is InChI=1S/C10H12O2/c1-8-3-5-9(6-4-8)7-10(11)12-2/h3-7,11H,1-2H3/b10-7+. The molecule has 12 heavy (non-hydrogen) atoms. The largest absolute Gasteiger partial charge is 0.481 e. The fourth-order valence-electron chi connectivity index (χ4n) is 0.864. The smallest absolute Gasteiger partial charge is 0.276 e. The Kier molecular flexibility index (Phi) is 2.75. The van der Waals surface area contributed by atoms with Crippen molar-refractivity contribution in [2.75, 3.05) is 7.11 Å². The van der Waals surface area contributed by atoms with E-state index in [1.165, 1.54) is 12.7 Å². The highest BCUT2D eigenvalue weighted by Crippen LogP contribution is 2.07. The Bertz CT molecular complexity index is 272. The summed E-state index contributed by atoms with van der Waals surface area (Å²) in [6.45, 7) is 2.02. The molecule has 64 valence electrons. The number of ether oxygens (including phenoxy) is 1. The van der Waals surface area contributed by atoms with E-state index in [1.54, 1.807) is 6.08 Å². The number of aliphatic hydroxyl groups excluding tert-OH is 1. The van der Waals surface area contributed by atoms with E-state index in [4.69, 9.17) is 5.11 Å². The Balaban J connectivity index is 2.84. The second-order valence-corrected chi connectivity index (χ2v) is 2.60. The first-order valence-corrected chi connectivity index (χ1v) is 3.73. The van der Waals surface area contributed by atoms with Crippen molar-refractivity contribution in [2.24, 2.45) is 0 Å². The lowest BCUT2D eigenvalue weighted by Crippen LogP contribution is -1.83. The molecule has 0 heterocycles. The van der Waals surface area contributed by atoms with Gasteiger partial charge in [0.05, 0.1) is 7.11 Å². The van der Waals surface area contributed by atoms with Gasteiger partial charge in [-0.1, -0.05) is 29.8 Å². The summed E-state index contributed by atoms with van der Waals surface area (Å²) < 4.78 is 4.60. The molecule has 1 aromatic carbocycles. The normalized spacial score (nSPS) is 11.3. The van der Waals surface area contributed by atoms with Crippen LogP contribution in [-0.2, 0) is 4.74 Å². The number of hydrogen-bond acceptors (Lipinski definition) is 2. The highest BCUT2D eigenvalue weighted by Gasteiger charge is 1.91. The van der Waals surface area contributed by atoms with Crippen LogP contribution >= 0.6 is 0 Å². The Morgan fingerprint density at radius 3 is 2.42 bits per heavy atom. The summed E-state index contributed by atoms with van der Waals surface area (Å²) in [6.07, 6.45) is 1.57. The third-order valence-electron chi connectivity index (χ3n) is 1.58. The third kappa shape index (κ3) is 2.31. The van der Waals surface area contributed by atoms with Crippen LogP contribution in [0.5, 0.6) is 0 Å². The Morgan fingerprint density at radius 2 is 1.92 bits per heavy atom. The maximum atomic E-state index is 9.02. The highest BCUT2D eigenvalue weighted by atomic mass is 16.6. The lowest BCUT2D eigenvalue weighted by molar-refractivity contribution is 0.141. The van der Waals surface area contributed by atoms with Gasteiger partial charge < -0.3 is 9.84 Å². The zero-order chi connectivity index (χ0) is 8.97.